The third-order valence-corrected chi connectivity index (χ3v) is 1.74. The Balaban J connectivity index is 3.39. The third-order valence-electron chi connectivity index (χ3n) is 1.74. The van der Waals surface area contributed by atoms with E-state index in [1.54, 1.807) is 0 Å². The van der Waals surface area contributed by atoms with Crippen molar-refractivity contribution in [2.45, 2.75) is 6.10 Å². The molecule has 78 valence electrons. The van der Waals surface area contributed by atoms with E-state index in [1.165, 1.54) is 0 Å². The second kappa shape index (κ2) is 3.85. The lowest BCUT2D eigenvalue weighted by molar-refractivity contribution is 0.174. The predicted molar refractivity (Wildman–Crippen MR) is 42.0 cm³/mol. The van der Waals surface area contributed by atoms with E-state index in [0.29, 0.717) is 0 Å². The quantitative estimate of drug-likeness (QED) is 0.628. The fraction of sp³-hybridized carbons (Fsp3) is 0.250. The molecule has 1 aromatic rings. The lowest BCUT2D eigenvalue weighted by Crippen LogP contribution is -2.14. The summed E-state index contributed by atoms with van der Waals surface area (Å²) in [6.07, 6.45) is -1.64. The van der Waals surface area contributed by atoms with E-state index in [4.69, 9.17) is 15.9 Å². The highest BCUT2D eigenvalue weighted by Gasteiger charge is 2.23. The molecule has 0 saturated heterocycles. The highest BCUT2D eigenvalue weighted by molar-refractivity contribution is 5.37. The summed E-state index contributed by atoms with van der Waals surface area (Å²) in [5, 5.41) is 18.1. The summed E-state index contributed by atoms with van der Waals surface area (Å²) in [6, 6.07) is 0.192. The topological polar surface area (TPSA) is 66.5 Å². The number of phenols is 1. The second-order valence-electron chi connectivity index (χ2n) is 2.67. The first-order valence-electron chi connectivity index (χ1n) is 3.73. The average Bonchev–Trinajstić information content (AvgIpc) is 2.15. The second-order valence-corrected chi connectivity index (χ2v) is 2.67. The molecule has 0 amide bonds. The van der Waals surface area contributed by atoms with Gasteiger partial charge in [-0.2, -0.15) is 0 Å². The van der Waals surface area contributed by atoms with Crippen LogP contribution in [0.1, 0.15) is 11.7 Å². The monoisotopic (exact) mass is 207 g/mol. The third kappa shape index (κ3) is 1.66. The molecule has 6 heteroatoms. The molecule has 0 aliphatic rings. The van der Waals surface area contributed by atoms with E-state index >= 15 is 0 Å². The van der Waals surface area contributed by atoms with Gasteiger partial charge in [-0.05, 0) is 0 Å². The molecule has 0 spiro atoms. The minimum absolute atomic E-state index is 0.192. The van der Waals surface area contributed by atoms with E-state index in [1.807, 2.05) is 0 Å². The van der Waals surface area contributed by atoms with Crippen molar-refractivity contribution in [1.29, 1.82) is 0 Å². The van der Waals surface area contributed by atoms with Crippen molar-refractivity contribution in [3.05, 3.63) is 29.1 Å². The molecule has 4 N–H and O–H groups in total. The van der Waals surface area contributed by atoms with Gasteiger partial charge in [0.25, 0.3) is 0 Å². The lowest BCUT2D eigenvalue weighted by atomic mass is 10.1. The van der Waals surface area contributed by atoms with Crippen LogP contribution in [0.4, 0.5) is 13.2 Å². The van der Waals surface area contributed by atoms with E-state index in [2.05, 4.69) is 0 Å². The number of hydrogen-bond donors (Lipinski definition) is 3. The van der Waals surface area contributed by atoms with Gasteiger partial charge in [-0.15, -0.1) is 0 Å². The van der Waals surface area contributed by atoms with Crippen LogP contribution in [0.2, 0.25) is 0 Å². The zero-order valence-corrected chi connectivity index (χ0v) is 6.97. The van der Waals surface area contributed by atoms with Gasteiger partial charge in [-0.1, -0.05) is 0 Å². The molecule has 0 aliphatic carbocycles. The number of hydrogen-bond acceptors (Lipinski definition) is 3. The zero-order chi connectivity index (χ0) is 10.9. The highest BCUT2D eigenvalue weighted by atomic mass is 19.2. The number of aliphatic hydroxyl groups is 1. The number of aliphatic hydroxyl groups excluding tert-OH is 1. The Kier molecular flexibility index (Phi) is 2.97. The van der Waals surface area contributed by atoms with Gasteiger partial charge in [-0.25, -0.2) is 13.2 Å². The maximum Gasteiger partial charge on any atom is 0.168 e. The van der Waals surface area contributed by atoms with Gasteiger partial charge in [0, 0.05) is 12.6 Å². The van der Waals surface area contributed by atoms with E-state index in [-0.39, 0.29) is 6.07 Å². The van der Waals surface area contributed by atoms with Crippen LogP contribution < -0.4 is 5.73 Å². The summed E-state index contributed by atoms with van der Waals surface area (Å²) < 4.78 is 38.3. The number of benzene rings is 1. The van der Waals surface area contributed by atoms with Crippen LogP contribution in [0.15, 0.2) is 6.07 Å². The molecular weight excluding hydrogens is 199 g/mol. The normalized spacial score (nSPS) is 12.9. The minimum atomic E-state index is -1.64. The molecule has 1 rings (SSSR count). The SMILES string of the molecule is NCC(O)c1c(O)c(F)cc(F)c1F. The van der Waals surface area contributed by atoms with Gasteiger partial charge in [-0.3, -0.25) is 0 Å². The summed E-state index contributed by atoms with van der Waals surface area (Å²) in [4.78, 5) is 0. The fourth-order valence-electron chi connectivity index (χ4n) is 1.03. The molecule has 3 nitrogen and oxygen atoms in total. The van der Waals surface area contributed by atoms with Crippen molar-refractivity contribution in [1.82, 2.24) is 0 Å². The molecule has 1 unspecified atom stereocenters. The van der Waals surface area contributed by atoms with Crippen molar-refractivity contribution in [2.24, 2.45) is 5.73 Å². The van der Waals surface area contributed by atoms with Gasteiger partial charge in [0.2, 0.25) is 0 Å². The Morgan fingerprint density at radius 3 is 2.36 bits per heavy atom. The number of aromatic hydroxyl groups is 1. The summed E-state index contributed by atoms with van der Waals surface area (Å²) in [7, 11) is 0. The van der Waals surface area contributed by atoms with E-state index in [9.17, 15) is 13.2 Å². The van der Waals surface area contributed by atoms with Crippen LogP contribution >= 0.6 is 0 Å². The number of halogens is 3. The van der Waals surface area contributed by atoms with Crippen molar-refractivity contribution in [2.75, 3.05) is 6.54 Å². The molecule has 0 saturated carbocycles. The Labute approximate surface area is 77.6 Å². The number of nitrogens with two attached hydrogens (primary N) is 1. The van der Waals surface area contributed by atoms with Crippen molar-refractivity contribution in [3.63, 3.8) is 0 Å². The Hall–Kier alpha value is -1.27. The Morgan fingerprint density at radius 1 is 1.29 bits per heavy atom. The van der Waals surface area contributed by atoms with Crippen molar-refractivity contribution in [3.8, 4) is 5.75 Å². The van der Waals surface area contributed by atoms with Crippen LogP contribution in [0.3, 0.4) is 0 Å². The van der Waals surface area contributed by atoms with E-state index < -0.39 is 41.4 Å². The number of phenolic OH excluding ortho intramolecular Hbond substituents is 1. The summed E-state index contributed by atoms with van der Waals surface area (Å²) in [5.74, 6) is -5.45. The molecule has 0 aliphatic heterocycles. The first-order chi connectivity index (χ1) is 6.49. The maximum atomic E-state index is 13.0. The molecule has 1 atom stereocenters. The Bertz CT molecular complexity index is 331. The largest absolute Gasteiger partial charge is 0.504 e. The highest BCUT2D eigenvalue weighted by Crippen LogP contribution is 2.30. The van der Waals surface area contributed by atoms with Gasteiger partial charge < -0.3 is 15.9 Å². The van der Waals surface area contributed by atoms with Gasteiger partial charge in [0.1, 0.15) is 0 Å². The Morgan fingerprint density at radius 2 is 1.86 bits per heavy atom. The first-order valence-corrected chi connectivity index (χ1v) is 3.73. The fourth-order valence-corrected chi connectivity index (χ4v) is 1.03. The molecule has 0 heterocycles. The average molecular weight is 207 g/mol. The lowest BCUT2D eigenvalue weighted by Gasteiger charge is -2.12. The molecule has 0 aromatic heterocycles. The van der Waals surface area contributed by atoms with Crippen LogP contribution in [0, 0.1) is 17.5 Å². The molecule has 0 fully saturated rings. The van der Waals surface area contributed by atoms with Crippen LogP contribution in [0.25, 0.3) is 0 Å². The predicted octanol–water partition coefficient (Wildman–Crippen LogP) is 0.802. The van der Waals surface area contributed by atoms with Crippen LogP contribution in [-0.2, 0) is 0 Å². The standard InChI is InChI=1S/C8H8F3NO2/c9-3-1-4(10)8(14)6(7(3)11)5(13)2-12/h1,5,13-14H,2,12H2. The smallest absolute Gasteiger partial charge is 0.168 e. The number of rotatable bonds is 2. The van der Waals surface area contributed by atoms with Crippen LogP contribution in [0.5, 0.6) is 5.75 Å². The van der Waals surface area contributed by atoms with Gasteiger partial charge >= 0.3 is 0 Å². The maximum absolute atomic E-state index is 13.0. The van der Waals surface area contributed by atoms with Gasteiger partial charge in [0.15, 0.2) is 23.2 Å². The van der Waals surface area contributed by atoms with Crippen molar-refractivity contribution >= 4 is 0 Å². The minimum Gasteiger partial charge on any atom is -0.504 e. The zero-order valence-electron chi connectivity index (χ0n) is 6.97. The molecular formula is C8H8F3NO2. The van der Waals surface area contributed by atoms with Crippen molar-refractivity contribution < 1.29 is 23.4 Å². The van der Waals surface area contributed by atoms with Crippen LogP contribution in [-0.4, -0.2) is 16.8 Å². The molecule has 0 radical (unpaired) electrons. The molecule has 0 bridgehead atoms. The van der Waals surface area contributed by atoms with Gasteiger partial charge in [0.05, 0.1) is 11.7 Å². The molecule has 1 aromatic carbocycles. The molecule has 14 heavy (non-hydrogen) atoms. The van der Waals surface area contributed by atoms with E-state index in [0.717, 1.165) is 0 Å². The summed E-state index contributed by atoms with van der Waals surface area (Å²) >= 11 is 0. The summed E-state index contributed by atoms with van der Waals surface area (Å²) in [5.41, 5.74) is 4.11. The summed E-state index contributed by atoms with van der Waals surface area (Å²) in [6.45, 7) is -0.451. The first kappa shape index (κ1) is 10.8.